The van der Waals surface area contributed by atoms with Crippen molar-refractivity contribution in [2.75, 3.05) is 0 Å². The van der Waals surface area contributed by atoms with Crippen molar-refractivity contribution < 1.29 is 17.4 Å². The van der Waals surface area contributed by atoms with Gasteiger partial charge in [-0.2, -0.15) is 0 Å². The minimum absolute atomic E-state index is 0. The molecule has 4 heavy (non-hydrogen) atoms. The fourth-order valence-corrected chi connectivity index (χ4v) is 0. The maximum absolute atomic E-state index is 0. The molecule has 4 radical (unpaired) electrons. The van der Waals surface area contributed by atoms with Gasteiger partial charge >= 0.3 is 70.2 Å². The monoisotopic (exact) mass is 280 g/mol. The van der Waals surface area contributed by atoms with Crippen molar-refractivity contribution >= 4 is 52.8 Å². The summed E-state index contributed by atoms with van der Waals surface area (Å²) in [6, 6.07) is 0. The zero-order chi connectivity index (χ0) is 0. The van der Waals surface area contributed by atoms with Gasteiger partial charge in [0, 0.05) is 0 Å². The Kier molecular flexibility index (Phi) is 168. The van der Waals surface area contributed by atoms with E-state index in [0.717, 1.165) is 0 Å². The molecule has 0 fully saturated rings. The van der Waals surface area contributed by atoms with E-state index in [1.807, 2.05) is 0 Å². The average Bonchev–Trinajstić information content (AvgIpc) is 0. The van der Waals surface area contributed by atoms with Crippen LogP contribution in [-0.4, -0.2) is 52.8 Å². The first-order valence-corrected chi connectivity index (χ1v) is 0. The van der Waals surface area contributed by atoms with E-state index >= 15 is 0 Å². The van der Waals surface area contributed by atoms with Crippen molar-refractivity contribution in [3.63, 3.8) is 0 Å². The molecule has 0 unspecified atom stereocenters. The van der Waals surface area contributed by atoms with Gasteiger partial charge in [-0.25, -0.2) is 0 Å². The summed E-state index contributed by atoms with van der Waals surface area (Å²) in [4.78, 5) is 0. The molecule has 0 heterocycles. The standard InChI is InChI=1S/Cr.3GeH2/h;3*1H2/q+3;3*-1. The molecule has 0 saturated heterocycles. The molecular formula is H6CrGe3. The molecular weight excluding hydrogens is 270 g/mol. The Bertz CT molecular complexity index is 3.25. The molecule has 0 aliphatic heterocycles. The van der Waals surface area contributed by atoms with E-state index in [0.29, 0.717) is 0 Å². The second kappa shape index (κ2) is 19.1. The Morgan fingerprint density at radius 1 is 0.500 bits per heavy atom. The molecule has 0 saturated carbocycles. The predicted octanol–water partition coefficient (Wildman–Crippen LogP) is -2.75. The molecule has 0 rings (SSSR count). The second-order valence-electron chi connectivity index (χ2n) is 0. The first kappa shape index (κ1) is 35.1. The average molecular weight is 276 g/mol. The normalized spacial score (nSPS) is 0. The summed E-state index contributed by atoms with van der Waals surface area (Å²) in [7, 11) is 0. The molecule has 24 valence electrons. The SMILES string of the molecule is [Cr+3].[GeH2-].[GeH2-].[GeH2-]. The van der Waals surface area contributed by atoms with Gasteiger partial charge in [0.05, 0.1) is 0 Å². The second-order valence-corrected chi connectivity index (χ2v) is 0. The van der Waals surface area contributed by atoms with Gasteiger partial charge in [-0.05, 0) is 0 Å². The van der Waals surface area contributed by atoms with Gasteiger partial charge in [0.25, 0.3) is 0 Å². The maximum atomic E-state index is 0. The Balaban J connectivity index is 0. The van der Waals surface area contributed by atoms with Crippen molar-refractivity contribution in [3.8, 4) is 0 Å². The molecule has 0 bridgehead atoms. The van der Waals surface area contributed by atoms with Gasteiger partial charge in [0.15, 0.2) is 0 Å². The van der Waals surface area contributed by atoms with E-state index in [1.165, 1.54) is 0 Å². The van der Waals surface area contributed by atoms with Crippen LogP contribution in [0.5, 0.6) is 0 Å². The van der Waals surface area contributed by atoms with Gasteiger partial charge in [-0.15, -0.1) is 0 Å². The van der Waals surface area contributed by atoms with Crippen LogP contribution in [0.3, 0.4) is 0 Å². The molecule has 0 nitrogen and oxygen atoms in total. The molecule has 0 aliphatic carbocycles. The van der Waals surface area contributed by atoms with Crippen molar-refractivity contribution in [3.05, 3.63) is 0 Å². The third-order valence-corrected chi connectivity index (χ3v) is 0. The fraction of sp³-hybridized carbons (Fsp3) is 0. The summed E-state index contributed by atoms with van der Waals surface area (Å²) in [6.45, 7) is 0. The molecule has 0 aromatic heterocycles. The van der Waals surface area contributed by atoms with Gasteiger partial charge in [-0.3, -0.25) is 0 Å². The van der Waals surface area contributed by atoms with Crippen LogP contribution in [0, 0.1) is 0 Å². The first-order valence-electron chi connectivity index (χ1n) is 0. The van der Waals surface area contributed by atoms with Crippen molar-refractivity contribution in [1.82, 2.24) is 0 Å². The molecule has 0 aromatic rings. The zero-order valence-corrected chi connectivity index (χ0v) is 12.7. The van der Waals surface area contributed by atoms with E-state index in [9.17, 15) is 0 Å². The van der Waals surface area contributed by atoms with Crippen molar-refractivity contribution in [2.45, 2.75) is 0 Å². The molecule has 0 spiro atoms. The predicted molar refractivity (Wildman–Crippen MR) is 25.6 cm³/mol. The van der Waals surface area contributed by atoms with Crippen molar-refractivity contribution in [2.24, 2.45) is 0 Å². The molecule has 0 N–H and O–H groups in total. The van der Waals surface area contributed by atoms with Crippen LogP contribution in [0.4, 0.5) is 0 Å². The van der Waals surface area contributed by atoms with Crippen LogP contribution in [0.25, 0.3) is 0 Å². The van der Waals surface area contributed by atoms with E-state index in [4.69, 9.17) is 0 Å². The third-order valence-electron chi connectivity index (χ3n) is 0. The summed E-state index contributed by atoms with van der Waals surface area (Å²) in [6.07, 6.45) is 0. The number of hydrogen-bond acceptors (Lipinski definition) is 0. The summed E-state index contributed by atoms with van der Waals surface area (Å²) in [5.74, 6) is 0. The molecule has 0 aromatic carbocycles. The number of hydrogen-bond donors (Lipinski definition) is 0. The quantitative estimate of drug-likeness (QED) is 0.421. The van der Waals surface area contributed by atoms with Crippen LogP contribution >= 0.6 is 0 Å². The topological polar surface area (TPSA) is 0 Å². The molecule has 4 heteroatoms. The Morgan fingerprint density at radius 2 is 0.500 bits per heavy atom. The third kappa shape index (κ3) is 8.90. The van der Waals surface area contributed by atoms with E-state index in [-0.39, 0.29) is 70.2 Å². The zero-order valence-electron chi connectivity index (χ0n) is 2.53. The summed E-state index contributed by atoms with van der Waals surface area (Å²) < 4.78 is 0. The molecule has 0 atom stereocenters. The van der Waals surface area contributed by atoms with Crippen LogP contribution in [0.1, 0.15) is 0 Å². The number of rotatable bonds is 0. The molecule has 0 amide bonds. The van der Waals surface area contributed by atoms with Crippen LogP contribution in [0.2, 0.25) is 0 Å². The minimum atomic E-state index is 0. The van der Waals surface area contributed by atoms with Gasteiger partial charge in [0.2, 0.25) is 0 Å². The summed E-state index contributed by atoms with van der Waals surface area (Å²) in [5.41, 5.74) is 0. The fourth-order valence-electron chi connectivity index (χ4n) is 0. The van der Waals surface area contributed by atoms with Gasteiger partial charge < -0.3 is 0 Å². The first-order chi connectivity index (χ1) is 0. The van der Waals surface area contributed by atoms with Crippen molar-refractivity contribution in [1.29, 1.82) is 0 Å². The van der Waals surface area contributed by atoms with E-state index in [1.54, 1.807) is 0 Å². The van der Waals surface area contributed by atoms with Crippen LogP contribution < -0.4 is 0 Å². The van der Waals surface area contributed by atoms with Gasteiger partial charge in [-0.1, -0.05) is 0 Å². The van der Waals surface area contributed by atoms with E-state index in [2.05, 4.69) is 0 Å². The summed E-state index contributed by atoms with van der Waals surface area (Å²) in [5, 5.41) is 0. The van der Waals surface area contributed by atoms with Crippen LogP contribution in [0.15, 0.2) is 0 Å². The molecule has 0 aliphatic rings. The Morgan fingerprint density at radius 3 is 0.500 bits per heavy atom. The van der Waals surface area contributed by atoms with Crippen LogP contribution in [-0.2, 0) is 17.4 Å². The summed E-state index contributed by atoms with van der Waals surface area (Å²) >= 11 is 0. The van der Waals surface area contributed by atoms with E-state index < -0.39 is 0 Å². The Labute approximate surface area is 69.5 Å². The van der Waals surface area contributed by atoms with Gasteiger partial charge in [0.1, 0.15) is 0 Å². The Hall–Kier alpha value is 2.16.